The first-order valence-corrected chi connectivity index (χ1v) is 11.3. The zero-order valence-electron chi connectivity index (χ0n) is 17.7. The fourth-order valence-corrected chi connectivity index (χ4v) is 3.92. The highest BCUT2D eigenvalue weighted by molar-refractivity contribution is 8.01. The van der Waals surface area contributed by atoms with Crippen LogP contribution in [0.25, 0.3) is 0 Å². The second kappa shape index (κ2) is 11.2. The number of carbonyl (C=O) groups excluding carboxylic acids is 3. The SMILES string of the molecule is Cc1ccc(NC(=O)CS[C@H](C)C(=O)O[C@H](C)C(=O)N[C@@H]2CCCC[C@@H]2C)cc1. The number of hydrogen-bond donors (Lipinski definition) is 2. The lowest BCUT2D eigenvalue weighted by Gasteiger charge is -2.30. The molecule has 0 saturated heterocycles. The highest BCUT2D eigenvalue weighted by Crippen LogP contribution is 2.24. The van der Waals surface area contributed by atoms with E-state index in [2.05, 4.69) is 17.6 Å². The molecule has 0 aromatic heterocycles. The van der Waals surface area contributed by atoms with Crippen LogP contribution < -0.4 is 10.6 Å². The Hall–Kier alpha value is -2.02. The van der Waals surface area contributed by atoms with Crippen LogP contribution in [0.2, 0.25) is 0 Å². The zero-order valence-corrected chi connectivity index (χ0v) is 18.5. The topological polar surface area (TPSA) is 84.5 Å². The van der Waals surface area contributed by atoms with Gasteiger partial charge in [-0.25, -0.2) is 0 Å². The molecule has 160 valence electrons. The Morgan fingerprint density at radius 1 is 1.14 bits per heavy atom. The van der Waals surface area contributed by atoms with Crippen molar-refractivity contribution in [3.8, 4) is 0 Å². The molecule has 0 unspecified atom stereocenters. The van der Waals surface area contributed by atoms with E-state index in [9.17, 15) is 14.4 Å². The van der Waals surface area contributed by atoms with Crippen LogP contribution in [0.1, 0.15) is 52.0 Å². The van der Waals surface area contributed by atoms with Crippen molar-refractivity contribution in [2.45, 2.75) is 70.8 Å². The molecule has 1 aliphatic carbocycles. The minimum absolute atomic E-state index is 0.129. The van der Waals surface area contributed by atoms with Gasteiger partial charge in [0.05, 0.1) is 5.75 Å². The van der Waals surface area contributed by atoms with Crippen LogP contribution in [-0.2, 0) is 19.1 Å². The van der Waals surface area contributed by atoms with E-state index in [1.165, 1.54) is 18.2 Å². The Bertz CT molecular complexity index is 707. The van der Waals surface area contributed by atoms with Gasteiger partial charge in [-0.2, -0.15) is 0 Å². The van der Waals surface area contributed by atoms with Crippen molar-refractivity contribution < 1.29 is 19.1 Å². The second-order valence-corrected chi connectivity index (χ2v) is 9.15. The van der Waals surface area contributed by atoms with Crippen molar-refractivity contribution >= 4 is 35.2 Å². The van der Waals surface area contributed by atoms with Gasteiger partial charge in [-0.1, -0.05) is 37.5 Å². The molecule has 4 atom stereocenters. The van der Waals surface area contributed by atoms with E-state index in [-0.39, 0.29) is 23.6 Å². The van der Waals surface area contributed by atoms with E-state index in [1.807, 2.05) is 31.2 Å². The quantitative estimate of drug-likeness (QED) is 0.627. The van der Waals surface area contributed by atoms with Gasteiger partial charge < -0.3 is 15.4 Å². The van der Waals surface area contributed by atoms with Crippen LogP contribution in [0.15, 0.2) is 24.3 Å². The maximum Gasteiger partial charge on any atom is 0.319 e. The molecule has 0 heterocycles. The molecule has 2 rings (SSSR count). The van der Waals surface area contributed by atoms with Gasteiger partial charge >= 0.3 is 5.97 Å². The molecular formula is C22H32N2O4S. The lowest BCUT2D eigenvalue weighted by atomic mass is 9.86. The third-order valence-corrected chi connectivity index (χ3v) is 6.35. The molecule has 1 aromatic carbocycles. The van der Waals surface area contributed by atoms with Gasteiger partial charge in [-0.05, 0) is 51.7 Å². The molecule has 0 radical (unpaired) electrons. The number of rotatable bonds is 8. The van der Waals surface area contributed by atoms with Crippen LogP contribution in [-0.4, -0.2) is 40.9 Å². The van der Waals surface area contributed by atoms with Crippen LogP contribution in [0.4, 0.5) is 5.69 Å². The lowest BCUT2D eigenvalue weighted by molar-refractivity contribution is -0.154. The van der Waals surface area contributed by atoms with E-state index in [0.29, 0.717) is 5.92 Å². The fraction of sp³-hybridized carbons (Fsp3) is 0.591. The third-order valence-electron chi connectivity index (χ3n) is 5.23. The Balaban J connectivity index is 1.72. The molecular weight excluding hydrogens is 388 g/mol. The number of aryl methyl sites for hydroxylation is 1. The van der Waals surface area contributed by atoms with Crippen molar-refractivity contribution in [3.05, 3.63) is 29.8 Å². The summed E-state index contributed by atoms with van der Waals surface area (Å²) < 4.78 is 5.31. The number of esters is 1. The minimum Gasteiger partial charge on any atom is -0.452 e. The van der Waals surface area contributed by atoms with Crippen LogP contribution in [0, 0.1) is 12.8 Å². The Labute approximate surface area is 177 Å². The second-order valence-electron chi connectivity index (χ2n) is 7.82. The summed E-state index contributed by atoms with van der Waals surface area (Å²) in [6.45, 7) is 7.38. The standard InChI is InChI=1S/C22H32N2O4S/c1-14-9-11-18(12-10-14)23-20(25)13-29-17(4)22(27)28-16(3)21(26)24-19-8-6-5-7-15(19)2/h9-12,15-17,19H,5-8,13H2,1-4H3,(H,23,25)(H,24,26)/t15-,16+,17+,19+/m0/s1. The average Bonchev–Trinajstić information content (AvgIpc) is 2.69. The van der Waals surface area contributed by atoms with Gasteiger partial charge in [0.25, 0.3) is 5.91 Å². The summed E-state index contributed by atoms with van der Waals surface area (Å²) in [7, 11) is 0. The van der Waals surface area contributed by atoms with Crippen LogP contribution in [0.3, 0.4) is 0 Å². The summed E-state index contributed by atoms with van der Waals surface area (Å²) in [4.78, 5) is 36.7. The summed E-state index contributed by atoms with van der Waals surface area (Å²) in [5.41, 5.74) is 1.84. The number of nitrogens with one attached hydrogen (secondary N) is 2. The first-order chi connectivity index (χ1) is 13.8. The highest BCUT2D eigenvalue weighted by Gasteiger charge is 2.27. The normalized spacial score (nSPS) is 21.0. The number of hydrogen-bond acceptors (Lipinski definition) is 5. The maximum absolute atomic E-state index is 12.3. The first-order valence-electron chi connectivity index (χ1n) is 10.2. The number of benzene rings is 1. The van der Waals surface area contributed by atoms with E-state index < -0.39 is 17.3 Å². The molecule has 29 heavy (non-hydrogen) atoms. The first kappa shape index (κ1) is 23.3. The summed E-state index contributed by atoms with van der Waals surface area (Å²) in [6, 6.07) is 7.66. The lowest BCUT2D eigenvalue weighted by Crippen LogP contribution is -2.46. The third kappa shape index (κ3) is 7.72. The molecule has 1 aliphatic rings. The largest absolute Gasteiger partial charge is 0.452 e. The average molecular weight is 421 g/mol. The van der Waals surface area contributed by atoms with Crippen molar-refractivity contribution in [1.29, 1.82) is 0 Å². The summed E-state index contributed by atoms with van der Waals surface area (Å²) in [6.07, 6.45) is 3.54. The monoisotopic (exact) mass is 420 g/mol. The molecule has 1 saturated carbocycles. The van der Waals surface area contributed by atoms with Gasteiger partial charge in [0.1, 0.15) is 5.25 Å². The summed E-state index contributed by atoms with van der Waals surface area (Å²) in [5, 5.41) is 5.26. The van der Waals surface area contributed by atoms with E-state index >= 15 is 0 Å². The predicted octanol–water partition coefficient (Wildman–Crippen LogP) is 3.68. The van der Waals surface area contributed by atoms with Gasteiger partial charge in [-0.15, -0.1) is 11.8 Å². The molecule has 1 aromatic rings. The van der Waals surface area contributed by atoms with Crippen molar-refractivity contribution in [3.63, 3.8) is 0 Å². The van der Waals surface area contributed by atoms with E-state index in [0.717, 1.165) is 30.5 Å². The maximum atomic E-state index is 12.3. The Kier molecular flexibility index (Phi) is 9.01. The zero-order chi connectivity index (χ0) is 21.4. The smallest absolute Gasteiger partial charge is 0.319 e. The number of amides is 2. The molecule has 0 aliphatic heterocycles. The van der Waals surface area contributed by atoms with Crippen molar-refractivity contribution in [2.24, 2.45) is 5.92 Å². The van der Waals surface area contributed by atoms with Gasteiger partial charge in [0.15, 0.2) is 6.10 Å². The molecule has 2 N–H and O–H groups in total. The molecule has 6 nitrogen and oxygen atoms in total. The van der Waals surface area contributed by atoms with Gasteiger partial charge in [-0.3, -0.25) is 14.4 Å². The van der Waals surface area contributed by atoms with Gasteiger partial charge in [0.2, 0.25) is 5.91 Å². The molecule has 0 spiro atoms. The number of ether oxygens (including phenoxy) is 1. The Morgan fingerprint density at radius 2 is 1.79 bits per heavy atom. The van der Waals surface area contributed by atoms with E-state index in [4.69, 9.17) is 4.74 Å². The highest BCUT2D eigenvalue weighted by atomic mass is 32.2. The summed E-state index contributed by atoms with van der Waals surface area (Å²) >= 11 is 1.19. The van der Waals surface area contributed by atoms with E-state index in [1.54, 1.807) is 13.8 Å². The van der Waals surface area contributed by atoms with Crippen molar-refractivity contribution in [2.75, 3.05) is 11.1 Å². The van der Waals surface area contributed by atoms with Crippen LogP contribution in [0.5, 0.6) is 0 Å². The summed E-state index contributed by atoms with van der Waals surface area (Å²) in [5.74, 6) is -0.360. The minimum atomic E-state index is -0.846. The molecule has 7 heteroatoms. The number of thioether (sulfide) groups is 1. The molecule has 0 bridgehead atoms. The van der Waals surface area contributed by atoms with Gasteiger partial charge in [0, 0.05) is 11.7 Å². The predicted molar refractivity (Wildman–Crippen MR) is 117 cm³/mol. The number of carbonyl (C=O) groups is 3. The fourth-order valence-electron chi connectivity index (χ4n) is 3.26. The number of anilines is 1. The molecule has 2 amide bonds. The molecule has 1 fully saturated rings. The Morgan fingerprint density at radius 3 is 2.45 bits per heavy atom. The van der Waals surface area contributed by atoms with Crippen LogP contribution >= 0.6 is 11.8 Å². The van der Waals surface area contributed by atoms with Crippen molar-refractivity contribution in [1.82, 2.24) is 5.32 Å².